The first-order valence-corrected chi connectivity index (χ1v) is 9.06. The minimum absolute atomic E-state index is 0.275. The largest absolute Gasteiger partial charge is 0.471 e. The Morgan fingerprint density at radius 1 is 1.21 bits per heavy atom. The second-order valence-corrected chi connectivity index (χ2v) is 7.49. The number of carbonyl (C=O) groups is 1. The molecule has 4 rings (SSSR count). The summed E-state index contributed by atoms with van der Waals surface area (Å²) in [4.78, 5) is 12.1. The molecule has 5 N–H and O–H groups in total. The second kappa shape index (κ2) is 7.18. The number of carbonyl (C=O) groups excluding carboxylic acids is 1. The van der Waals surface area contributed by atoms with Crippen LogP contribution < -0.4 is 0 Å². The minimum atomic E-state index is -1.60. The molecule has 4 aliphatic rings. The van der Waals surface area contributed by atoms with Crippen LogP contribution in [0, 0.1) is 11.8 Å². The minimum Gasteiger partial charge on any atom is -0.471 e. The van der Waals surface area contributed by atoms with Crippen LogP contribution in [-0.2, 0) is 28.5 Å². The van der Waals surface area contributed by atoms with Crippen LogP contribution in [0.1, 0.15) is 6.42 Å². The Morgan fingerprint density at radius 3 is 2.61 bits per heavy atom. The fourth-order valence-electron chi connectivity index (χ4n) is 4.53. The lowest BCUT2D eigenvalue weighted by molar-refractivity contribution is -0.344. The third kappa shape index (κ3) is 2.85. The molecule has 0 bridgehead atoms. The van der Waals surface area contributed by atoms with E-state index in [0.717, 1.165) is 0 Å². The average Bonchev–Trinajstić information content (AvgIpc) is 3.32. The lowest BCUT2D eigenvalue weighted by atomic mass is 9.81. The van der Waals surface area contributed by atoms with Crippen LogP contribution in [-0.4, -0.2) is 101 Å². The number of methoxy groups -OCH3 is 1. The number of aliphatic hydroxyl groups is 5. The summed E-state index contributed by atoms with van der Waals surface area (Å²) in [6.07, 6.45) is -6.93. The quantitative estimate of drug-likeness (QED) is 0.234. The summed E-state index contributed by atoms with van der Waals surface area (Å²) in [5, 5.41) is 49.2. The monoisotopic (exact) mass is 404 g/mol. The summed E-state index contributed by atoms with van der Waals surface area (Å²) in [6.45, 7) is -0.911. The Balaban J connectivity index is 1.57. The van der Waals surface area contributed by atoms with Crippen molar-refractivity contribution < 1.29 is 54.0 Å². The normalized spacial score (nSPS) is 49.5. The van der Waals surface area contributed by atoms with Gasteiger partial charge in [0, 0.05) is 5.92 Å². The van der Waals surface area contributed by atoms with Crippen molar-refractivity contribution in [3.63, 3.8) is 0 Å². The Kier molecular flexibility index (Phi) is 5.13. The Labute approximate surface area is 160 Å². The van der Waals surface area contributed by atoms with E-state index in [1.54, 1.807) is 0 Å². The van der Waals surface area contributed by atoms with Crippen LogP contribution in [0.5, 0.6) is 0 Å². The smallest absolute Gasteiger partial charge is 0.337 e. The van der Waals surface area contributed by atoms with Gasteiger partial charge in [-0.1, -0.05) is 0 Å². The molecule has 3 aliphatic heterocycles. The van der Waals surface area contributed by atoms with Gasteiger partial charge in [0.2, 0.25) is 6.29 Å². The van der Waals surface area contributed by atoms with E-state index in [2.05, 4.69) is 0 Å². The summed E-state index contributed by atoms with van der Waals surface area (Å²) in [5.74, 6) is -1.51. The van der Waals surface area contributed by atoms with E-state index in [1.807, 2.05) is 0 Å². The Hall–Kier alpha value is -1.31. The zero-order valence-electron chi connectivity index (χ0n) is 15.1. The van der Waals surface area contributed by atoms with Gasteiger partial charge in [0.05, 0.1) is 44.2 Å². The van der Waals surface area contributed by atoms with Gasteiger partial charge in [-0.3, -0.25) is 0 Å². The van der Waals surface area contributed by atoms with Crippen LogP contribution >= 0.6 is 0 Å². The number of aliphatic hydroxyl groups excluding tert-OH is 5. The third-order valence-electron chi connectivity index (χ3n) is 6.12. The summed E-state index contributed by atoms with van der Waals surface area (Å²) in [7, 11) is 1.25. The molecule has 11 heteroatoms. The third-order valence-corrected chi connectivity index (χ3v) is 6.12. The number of fused-ring (bicyclic) bond motifs is 3. The van der Waals surface area contributed by atoms with Gasteiger partial charge < -0.3 is 49.2 Å². The van der Waals surface area contributed by atoms with Crippen molar-refractivity contribution in [2.45, 2.75) is 55.1 Å². The highest BCUT2D eigenvalue weighted by atomic mass is 16.8. The molecule has 1 saturated carbocycles. The topological polar surface area (TPSA) is 168 Å². The van der Waals surface area contributed by atoms with E-state index in [9.17, 15) is 30.3 Å². The maximum Gasteiger partial charge on any atom is 0.337 e. The molecule has 28 heavy (non-hydrogen) atoms. The molecule has 3 heterocycles. The first kappa shape index (κ1) is 20.0. The van der Waals surface area contributed by atoms with Crippen molar-refractivity contribution in [2.75, 3.05) is 20.3 Å². The predicted octanol–water partition coefficient (Wildman–Crippen LogP) is -3.02. The molecule has 3 fully saturated rings. The molecule has 2 saturated heterocycles. The predicted molar refractivity (Wildman–Crippen MR) is 86.1 cm³/mol. The van der Waals surface area contributed by atoms with E-state index in [1.165, 1.54) is 13.4 Å². The summed E-state index contributed by atoms with van der Waals surface area (Å²) < 4.78 is 27.1. The van der Waals surface area contributed by atoms with E-state index < -0.39 is 61.1 Å². The first-order chi connectivity index (χ1) is 13.4. The number of esters is 1. The van der Waals surface area contributed by atoms with Crippen LogP contribution in [0.2, 0.25) is 0 Å². The van der Waals surface area contributed by atoms with Gasteiger partial charge >= 0.3 is 5.97 Å². The number of hydrogen-bond acceptors (Lipinski definition) is 11. The standard InChI is InChI=1S/C17H24O11/c1-24-14(23)7-4-25-15(10-6(7)2-9-17(10,5-19)28-9)27-16-13(22)12(21)11(20)8(3-18)26-16/h4,6,8-13,15-16,18-22H,2-3,5H2,1H3/t6-,8-,9+,10-,11-,12+,13-,15+,16+,17-/m1/s1. The number of rotatable bonds is 5. The number of ether oxygens (including phenoxy) is 5. The van der Waals surface area contributed by atoms with Gasteiger partial charge in [0.25, 0.3) is 0 Å². The van der Waals surface area contributed by atoms with E-state index in [0.29, 0.717) is 12.0 Å². The maximum absolute atomic E-state index is 12.1. The van der Waals surface area contributed by atoms with Crippen molar-refractivity contribution in [3.05, 3.63) is 11.8 Å². The molecular formula is C17H24O11. The van der Waals surface area contributed by atoms with Crippen LogP contribution in [0.4, 0.5) is 0 Å². The highest BCUT2D eigenvalue weighted by Crippen LogP contribution is 2.61. The van der Waals surface area contributed by atoms with Gasteiger partial charge in [-0.05, 0) is 6.42 Å². The van der Waals surface area contributed by atoms with Crippen molar-refractivity contribution in [2.24, 2.45) is 11.8 Å². The average molecular weight is 404 g/mol. The van der Waals surface area contributed by atoms with Crippen molar-refractivity contribution >= 4 is 5.97 Å². The summed E-state index contributed by atoms with van der Waals surface area (Å²) >= 11 is 0. The molecule has 0 spiro atoms. The molecule has 0 aromatic heterocycles. The van der Waals surface area contributed by atoms with Gasteiger partial charge in [-0.2, -0.15) is 0 Å². The molecule has 0 unspecified atom stereocenters. The number of epoxide rings is 1. The fraction of sp³-hybridized carbons (Fsp3) is 0.824. The van der Waals surface area contributed by atoms with Gasteiger partial charge in [-0.25, -0.2) is 4.79 Å². The van der Waals surface area contributed by atoms with Gasteiger partial charge in [-0.15, -0.1) is 0 Å². The molecule has 11 nitrogen and oxygen atoms in total. The molecule has 0 aromatic carbocycles. The van der Waals surface area contributed by atoms with Gasteiger partial charge in [0.1, 0.15) is 30.0 Å². The Morgan fingerprint density at radius 2 is 1.96 bits per heavy atom. The van der Waals surface area contributed by atoms with Crippen LogP contribution in [0.3, 0.4) is 0 Å². The zero-order chi connectivity index (χ0) is 20.2. The molecule has 1 aliphatic carbocycles. The van der Waals surface area contributed by atoms with E-state index in [-0.39, 0.29) is 18.6 Å². The second-order valence-electron chi connectivity index (χ2n) is 7.49. The lowest BCUT2D eigenvalue weighted by Gasteiger charge is -2.43. The SMILES string of the molecule is COC(=O)C1=CO[C@@H](O[C@@H]2O[C@H](CO)[C@@H](O)[C@H](O)[C@H]2O)[C@H]2[C@@H]1C[C@@H]1O[C@@]21CO. The molecule has 158 valence electrons. The highest BCUT2D eigenvalue weighted by Gasteiger charge is 2.73. The zero-order valence-corrected chi connectivity index (χ0v) is 15.1. The molecular weight excluding hydrogens is 380 g/mol. The maximum atomic E-state index is 12.1. The highest BCUT2D eigenvalue weighted by molar-refractivity contribution is 5.89. The van der Waals surface area contributed by atoms with Crippen molar-refractivity contribution in [1.82, 2.24) is 0 Å². The summed E-state index contributed by atoms with van der Waals surface area (Å²) in [5.41, 5.74) is -0.651. The number of hydrogen-bond donors (Lipinski definition) is 5. The fourth-order valence-corrected chi connectivity index (χ4v) is 4.53. The lowest BCUT2D eigenvalue weighted by Crippen LogP contribution is -2.60. The van der Waals surface area contributed by atoms with E-state index >= 15 is 0 Å². The molecule has 0 amide bonds. The van der Waals surface area contributed by atoms with E-state index in [4.69, 9.17) is 23.7 Å². The van der Waals surface area contributed by atoms with Crippen LogP contribution in [0.15, 0.2) is 11.8 Å². The Bertz CT molecular complexity index is 647. The van der Waals surface area contributed by atoms with Crippen molar-refractivity contribution in [1.29, 1.82) is 0 Å². The summed E-state index contributed by atoms with van der Waals surface area (Å²) in [6, 6.07) is 0. The van der Waals surface area contributed by atoms with Crippen molar-refractivity contribution in [3.8, 4) is 0 Å². The molecule has 0 radical (unpaired) electrons. The van der Waals surface area contributed by atoms with Crippen LogP contribution in [0.25, 0.3) is 0 Å². The molecule has 0 aromatic rings. The first-order valence-electron chi connectivity index (χ1n) is 9.06. The van der Waals surface area contributed by atoms with Gasteiger partial charge in [0.15, 0.2) is 6.29 Å². The molecule has 10 atom stereocenters.